The highest BCUT2D eigenvalue weighted by atomic mass is 15.1. The molecule has 0 aliphatic heterocycles. The van der Waals surface area contributed by atoms with Crippen LogP contribution in [-0.2, 0) is 0 Å². The fourth-order valence-corrected chi connectivity index (χ4v) is 10.4. The molecule has 0 fully saturated rings. The molecule has 11 aromatic rings. The zero-order valence-corrected chi connectivity index (χ0v) is 37.4. The van der Waals surface area contributed by atoms with Gasteiger partial charge >= 0.3 is 0 Å². The van der Waals surface area contributed by atoms with E-state index in [-0.39, 0.29) is 0 Å². The van der Waals surface area contributed by atoms with Crippen LogP contribution in [0.5, 0.6) is 0 Å². The van der Waals surface area contributed by atoms with Crippen molar-refractivity contribution >= 4 is 44.3 Å². The second-order valence-electron chi connectivity index (χ2n) is 17.5. The summed E-state index contributed by atoms with van der Waals surface area (Å²) in [4.78, 5) is 2.32. The van der Waals surface area contributed by atoms with Gasteiger partial charge in [0, 0.05) is 22.8 Å². The first-order chi connectivity index (χ1) is 33.5. The Labute approximate surface area is 396 Å². The summed E-state index contributed by atoms with van der Waals surface area (Å²) < 4.78 is 0. The minimum absolute atomic E-state index is 0.535. The van der Waals surface area contributed by atoms with Crippen LogP contribution < -0.4 is 4.90 Å². The van der Waals surface area contributed by atoms with Crippen LogP contribution in [0.4, 0.5) is 17.1 Å². The Morgan fingerprint density at radius 3 is 1.40 bits per heavy atom. The normalized spacial score (nSPS) is 11.4. The average Bonchev–Trinajstić information content (AvgIpc) is 3.73. The second kappa shape index (κ2) is 16.7. The Balaban J connectivity index is 1.02. The Bertz CT molecular complexity index is 3680. The van der Waals surface area contributed by atoms with Crippen LogP contribution in [0.15, 0.2) is 237 Å². The Morgan fingerprint density at radius 2 is 0.838 bits per heavy atom. The van der Waals surface area contributed by atoms with Crippen molar-refractivity contribution in [1.82, 2.24) is 0 Å². The largest absolute Gasteiger partial charge is 0.310 e. The van der Waals surface area contributed by atoms with Gasteiger partial charge in [-0.3, -0.25) is 0 Å². The maximum absolute atomic E-state index is 9.59. The zero-order chi connectivity index (χ0) is 45.7. The molecule has 0 saturated heterocycles. The summed E-state index contributed by atoms with van der Waals surface area (Å²) in [5.74, 6) is 0. The number of anilines is 3. The molecule has 12 rings (SSSR count). The number of nitriles is 1. The minimum Gasteiger partial charge on any atom is -0.310 e. The predicted octanol–water partition coefficient (Wildman–Crippen LogP) is 17.7. The summed E-state index contributed by atoms with van der Waals surface area (Å²) >= 11 is 0. The first-order valence-electron chi connectivity index (χ1n) is 23.1. The van der Waals surface area contributed by atoms with E-state index < -0.39 is 0 Å². The fraction of sp³-hybridized carbons (Fsp3) is 0.0154. The van der Waals surface area contributed by atoms with E-state index in [2.05, 4.69) is 211 Å². The molecular weight excluding hydrogens is 823 g/mol. The van der Waals surface area contributed by atoms with Crippen LogP contribution in [0.3, 0.4) is 0 Å². The first-order valence-corrected chi connectivity index (χ1v) is 23.1. The summed E-state index contributed by atoms with van der Waals surface area (Å²) in [7, 11) is 0. The lowest BCUT2D eigenvalue weighted by Crippen LogP contribution is -2.10. The van der Waals surface area contributed by atoms with Crippen molar-refractivity contribution in [1.29, 1.82) is 10.7 Å². The van der Waals surface area contributed by atoms with Gasteiger partial charge in [-0.25, -0.2) is 0 Å². The van der Waals surface area contributed by atoms with E-state index in [0.29, 0.717) is 11.3 Å². The molecule has 0 radical (unpaired) electrons. The van der Waals surface area contributed by atoms with Gasteiger partial charge in [0.1, 0.15) is 0 Å². The van der Waals surface area contributed by atoms with Crippen LogP contribution >= 0.6 is 0 Å². The molecule has 0 heterocycles. The van der Waals surface area contributed by atoms with Gasteiger partial charge < -0.3 is 10.3 Å². The number of hydrogen-bond acceptors (Lipinski definition) is 3. The lowest BCUT2D eigenvalue weighted by molar-refractivity contribution is 1.28. The SMILES string of the molecule is CC(=N)c1ccc(-c2cc(-c3ccc(C#N)cc3)cc(N(c3ccccc3)c3ccc(-c4ccc5c6c(cccc46)-c4c-5c(-c5ccccc5)c5ccccc5c4-c4ccccc4)cc3)c2)cc1. The summed E-state index contributed by atoms with van der Waals surface area (Å²) in [6, 6.07) is 86.8. The molecule has 0 aromatic heterocycles. The van der Waals surface area contributed by atoms with Crippen molar-refractivity contribution in [2.45, 2.75) is 6.92 Å². The lowest BCUT2D eigenvalue weighted by Gasteiger charge is -2.27. The first kappa shape index (κ1) is 40.4. The smallest absolute Gasteiger partial charge is 0.0991 e. The zero-order valence-electron chi connectivity index (χ0n) is 37.4. The average molecular weight is 866 g/mol. The Kier molecular flexibility index (Phi) is 9.93. The maximum Gasteiger partial charge on any atom is 0.0991 e. The summed E-state index contributed by atoms with van der Waals surface area (Å²) in [6.45, 7) is 1.82. The fourth-order valence-electron chi connectivity index (χ4n) is 10.4. The lowest BCUT2D eigenvalue weighted by atomic mass is 9.82. The van der Waals surface area contributed by atoms with Gasteiger partial charge in [-0.2, -0.15) is 5.26 Å². The molecule has 0 saturated carbocycles. The molecule has 0 bridgehead atoms. The van der Waals surface area contributed by atoms with Crippen LogP contribution in [0.25, 0.3) is 99.4 Å². The van der Waals surface area contributed by atoms with Crippen LogP contribution in [0.1, 0.15) is 18.1 Å². The predicted molar refractivity (Wildman–Crippen MR) is 285 cm³/mol. The second-order valence-corrected chi connectivity index (χ2v) is 17.5. The number of nitrogens with one attached hydrogen (secondary N) is 1. The minimum atomic E-state index is 0.535. The van der Waals surface area contributed by atoms with Crippen LogP contribution in [0, 0.1) is 16.7 Å². The molecule has 0 spiro atoms. The summed E-state index contributed by atoms with van der Waals surface area (Å²) in [6.07, 6.45) is 0. The number of para-hydroxylation sites is 1. The molecule has 1 aliphatic carbocycles. The van der Waals surface area contributed by atoms with Crippen molar-refractivity contribution in [2.24, 2.45) is 0 Å². The summed E-state index contributed by atoms with van der Waals surface area (Å²) in [5.41, 5.74) is 21.8. The Morgan fingerprint density at radius 1 is 0.368 bits per heavy atom. The molecule has 68 heavy (non-hydrogen) atoms. The topological polar surface area (TPSA) is 50.9 Å². The number of benzene rings is 11. The highest BCUT2D eigenvalue weighted by Gasteiger charge is 2.31. The quantitative estimate of drug-likeness (QED) is 0.147. The van der Waals surface area contributed by atoms with Gasteiger partial charge in [0.25, 0.3) is 0 Å². The van der Waals surface area contributed by atoms with Gasteiger partial charge in [0.15, 0.2) is 0 Å². The number of nitrogens with zero attached hydrogens (tertiary/aromatic N) is 2. The van der Waals surface area contributed by atoms with Crippen molar-refractivity contribution in [3.63, 3.8) is 0 Å². The molecule has 0 amide bonds. The van der Waals surface area contributed by atoms with Crippen molar-refractivity contribution < 1.29 is 0 Å². The highest BCUT2D eigenvalue weighted by molar-refractivity contribution is 6.28. The van der Waals surface area contributed by atoms with E-state index in [9.17, 15) is 5.26 Å². The molecule has 1 N–H and O–H groups in total. The van der Waals surface area contributed by atoms with Crippen LogP contribution in [0.2, 0.25) is 0 Å². The van der Waals surface area contributed by atoms with Gasteiger partial charge in [-0.15, -0.1) is 0 Å². The molecule has 0 unspecified atom stereocenters. The van der Waals surface area contributed by atoms with Gasteiger partial charge in [-0.1, -0.05) is 182 Å². The molecule has 1 aliphatic rings. The standard InChI is InChI=1S/C65H43N3/c1-42(67)44-28-30-46(31-29-44)51-38-50(45-26-24-43(41-66)25-27-45)39-54(40-51)68(52-18-9-4-10-19-52)53-34-32-47(33-35-53)55-36-37-60-63-56(55)22-13-23-59(63)64-61(48-14-5-2-6-15-48)57-20-11-12-21-58(57)62(65(60)64)49-16-7-3-8-17-49/h2-40,67H,1H3. The molecule has 3 heteroatoms. The van der Waals surface area contributed by atoms with E-state index >= 15 is 0 Å². The van der Waals surface area contributed by atoms with Crippen molar-refractivity contribution in [2.75, 3.05) is 4.90 Å². The van der Waals surface area contributed by atoms with Crippen molar-refractivity contribution in [3.8, 4) is 84.0 Å². The molecular formula is C65H43N3. The number of fused-ring (bicyclic) bond motifs is 4. The molecule has 318 valence electrons. The number of rotatable bonds is 9. The van der Waals surface area contributed by atoms with Gasteiger partial charge in [0.2, 0.25) is 0 Å². The van der Waals surface area contributed by atoms with Crippen molar-refractivity contribution in [3.05, 3.63) is 248 Å². The monoisotopic (exact) mass is 865 g/mol. The highest BCUT2D eigenvalue weighted by Crippen LogP contribution is 2.58. The van der Waals surface area contributed by atoms with Crippen LogP contribution in [-0.4, -0.2) is 5.71 Å². The molecule has 3 nitrogen and oxygen atoms in total. The van der Waals surface area contributed by atoms with E-state index in [4.69, 9.17) is 5.41 Å². The third-order valence-electron chi connectivity index (χ3n) is 13.5. The number of hydrogen-bond donors (Lipinski definition) is 1. The maximum atomic E-state index is 9.59. The molecule has 11 aromatic carbocycles. The molecule has 0 atom stereocenters. The van der Waals surface area contributed by atoms with E-state index in [1.807, 2.05) is 43.3 Å². The van der Waals surface area contributed by atoms with Gasteiger partial charge in [-0.05, 0) is 167 Å². The third kappa shape index (κ3) is 6.87. The Hall–Kier alpha value is -9.10. The van der Waals surface area contributed by atoms with Gasteiger partial charge in [0.05, 0.1) is 11.6 Å². The van der Waals surface area contributed by atoms with E-state index in [1.54, 1.807) is 0 Å². The summed E-state index contributed by atoms with van der Waals surface area (Å²) in [5, 5.41) is 22.8. The third-order valence-corrected chi connectivity index (χ3v) is 13.5. The van der Waals surface area contributed by atoms with E-state index in [1.165, 1.54) is 71.6 Å². The van der Waals surface area contributed by atoms with E-state index in [0.717, 1.165) is 50.4 Å².